The van der Waals surface area contributed by atoms with Crippen LogP contribution in [-0.2, 0) is 6.42 Å². The van der Waals surface area contributed by atoms with E-state index in [0.29, 0.717) is 4.83 Å². The van der Waals surface area contributed by atoms with Gasteiger partial charge in [0.1, 0.15) is 0 Å². The quantitative estimate of drug-likeness (QED) is 0.689. The van der Waals surface area contributed by atoms with E-state index in [1.807, 2.05) is 13.1 Å². The normalized spacial score (nSPS) is 13.0. The fraction of sp³-hybridized carbons (Fsp3) is 0.444. The minimum atomic E-state index is 0.512. The lowest BCUT2D eigenvalue weighted by Gasteiger charge is -2.01. The first-order valence-electron chi connectivity index (χ1n) is 3.74. The van der Waals surface area contributed by atoms with Crippen LogP contribution in [0, 0.1) is 6.92 Å². The van der Waals surface area contributed by atoms with E-state index in [1.54, 1.807) is 0 Å². The monoisotopic (exact) mass is 213 g/mol. The Hall–Kier alpha value is -0.370. The zero-order valence-corrected chi connectivity index (χ0v) is 8.43. The zero-order chi connectivity index (χ0) is 8.27. The SMILES string of the molecule is Cc1ccc(CC(C)Br)nc1. The molecule has 0 saturated carbocycles. The molecule has 0 saturated heterocycles. The minimum absolute atomic E-state index is 0.512. The molecule has 1 atom stereocenters. The summed E-state index contributed by atoms with van der Waals surface area (Å²) in [6, 6.07) is 4.17. The van der Waals surface area contributed by atoms with Crippen molar-refractivity contribution in [2.45, 2.75) is 25.1 Å². The summed E-state index contributed by atoms with van der Waals surface area (Å²) in [5.41, 5.74) is 2.37. The fourth-order valence-corrected chi connectivity index (χ4v) is 1.24. The second-order valence-electron chi connectivity index (χ2n) is 2.81. The summed E-state index contributed by atoms with van der Waals surface area (Å²) in [7, 11) is 0. The molecule has 0 N–H and O–H groups in total. The van der Waals surface area contributed by atoms with Gasteiger partial charge in [0, 0.05) is 23.1 Å². The standard InChI is InChI=1S/C9H12BrN/c1-7-3-4-9(11-6-7)5-8(2)10/h3-4,6,8H,5H2,1-2H3. The summed E-state index contributed by atoms with van der Waals surface area (Å²) < 4.78 is 0. The Kier molecular flexibility index (Phi) is 3.06. The van der Waals surface area contributed by atoms with Gasteiger partial charge in [-0.3, -0.25) is 4.98 Å². The van der Waals surface area contributed by atoms with E-state index in [2.05, 4.69) is 40.0 Å². The van der Waals surface area contributed by atoms with Crippen LogP contribution in [0.4, 0.5) is 0 Å². The molecule has 0 aliphatic rings. The van der Waals surface area contributed by atoms with Gasteiger partial charge in [-0.1, -0.05) is 28.9 Å². The zero-order valence-electron chi connectivity index (χ0n) is 6.84. The van der Waals surface area contributed by atoms with Crippen molar-refractivity contribution in [1.82, 2.24) is 4.98 Å². The maximum atomic E-state index is 4.29. The van der Waals surface area contributed by atoms with Gasteiger partial charge >= 0.3 is 0 Å². The second-order valence-corrected chi connectivity index (χ2v) is 4.37. The molecule has 0 aliphatic heterocycles. The van der Waals surface area contributed by atoms with Gasteiger partial charge in [0.25, 0.3) is 0 Å². The molecule has 0 aliphatic carbocycles. The molecule has 0 fully saturated rings. The lowest BCUT2D eigenvalue weighted by Crippen LogP contribution is -1.98. The smallest absolute Gasteiger partial charge is 0.0414 e. The van der Waals surface area contributed by atoms with Gasteiger partial charge < -0.3 is 0 Å². The third-order valence-electron chi connectivity index (χ3n) is 1.46. The molecule has 0 radical (unpaired) electrons. The van der Waals surface area contributed by atoms with Gasteiger partial charge in [-0.15, -0.1) is 0 Å². The molecule has 0 spiro atoms. The van der Waals surface area contributed by atoms with Crippen LogP contribution in [0.15, 0.2) is 18.3 Å². The highest BCUT2D eigenvalue weighted by atomic mass is 79.9. The molecule has 1 aromatic heterocycles. The van der Waals surface area contributed by atoms with E-state index in [9.17, 15) is 0 Å². The fourth-order valence-electron chi connectivity index (χ4n) is 0.907. The number of hydrogen-bond acceptors (Lipinski definition) is 1. The number of nitrogens with zero attached hydrogens (tertiary/aromatic N) is 1. The first-order valence-corrected chi connectivity index (χ1v) is 4.65. The Morgan fingerprint density at radius 3 is 2.73 bits per heavy atom. The van der Waals surface area contributed by atoms with Crippen LogP contribution < -0.4 is 0 Å². The van der Waals surface area contributed by atoms with E-state index in [4.69, 9.17) is 0 Å². The van der Waals surface area contributed by atoms with Gasteiger partial charge in [0.05, 0.1) is 0 Å². The van der Waals surface area contributed by atoms with Crippen LogP contribution >= 0.6 is 15.9 Å². The van der Waals surface area contributed by atoms with Crippen molar-refractivity contribution in [2.75, 3.05) is 0 Å². The molecular formula is C9H12BrN. The Morgan fingerprint density at radius 2 is 2.27 bits per heavy atom. The average Bonchev–Trinajstić information content (AvgIpc) is 1.93. The lowest BCUT2D eigenvalue weighted by molar-refractivity contribution is 0.911. The Balaban J connectivity index is 2.66. The number of halogens is 1. The number of hydrogen-bond donors (Lipinski definition) is 0. The minimum Gasteiger partial charge on any atom is -0.261 e. The van der Waals surface area contributed by atoms with E-state index >= 15 is 0 Å². The van der Waals surface area contributed by atoms with Gasteiger partial charge in [0.2, 0.25) is 0 Å². The number of pyridine rings is 1. The summed E-state index contributed by atoms with van der Waals surface area (Å²) in [4.78, 5) is 4.80. The molecule has 1 aromatic rings. The van der Waals surface area contributed by atoms with E-state index in [-0.39, 0.29) is 0 Å². The van der Waals surface area contributed by atoms with E-state index < -0.39 is 0 Å². The third-order valence-corrected chi connectivity index (χ3v) is 1.79. The first-order chi connectivity index (χ1) is 5.18. The highest BCUT2D eigenvalue weighted by molar-refractivity contribution is 9.09. The predicted octanol–water partition coefficient (Wildman–Crippen LogP) is 2.72. The van der Waals surface area contributed by atoms with Crippen LogP contribution in [0.2, 0.25) is 0 Å². The third kappa shape index (κ3) is 3.02. The molecule has 1 heterocycles. The number of aromatic nitrogens is 1. The molecule has 2 heteroatoms. The van der Waals surface area contributed by atoms with Crippen molar-refractivity contribution in [3.05, 3.63) is 29.6 Å². The maximum absolute atomic E-state index is 4.29. The van der Waals surface area contributed by atoms with Crippen molar-refractivity contribution in [2.24, 2.45) is 0 Å². The van der Waals surface area contributed by atoms with Crippen molar-refractivity contribution < 1.29 is 0 Å². The summed E-state index contributed by atoms with van der Waals surface area (Å²) in [5.74, 6) is 0. The number of rotatable bonds is 2. The van der Waals surface area contributed by atoms with E-state index in [1.165, 1.54) is 5.56 Å². The molecule has 1 nitrogen and oxygen atoms in total. The number of alkyl halides is 1. The van der Waals surface area contributed by atoms with Crippen LogP contribution in [0.5, 0.6) is 0 Å². The predicted molar refractivity (Wildman–Crippen MR) is 51.1 cm³/mol. The second kappa shape index (κ2) is 3.86. The van der Waals surface area contributed by atoms with Crippen molar-refractivity contribution in [1.29, 1.82) is 0 Å². The van der Waals surface area contributed by atoms with Crippen molar-refractivity contribution in [3.63, 3.8) is 0 Å². The Morgan fingerprint density at radius 1 is 1.55 bits per heavy atom. The van der Waals surface area contributed by atoms with Crippen LogP contribution in [0.25, 0.3) is 0 Å². The molecule has 11 heavy (non-hydrogen) atoms. The van der Waals surface area contributed by atoms with Gasteiger partial charge in [-0.2, -0.15) is 0 Å². The largest absolute Gasteiger partial charge is 0.261 e. The van der Waals surface area contributed by atoms with Crippen LogP contribution in [-0.4, -0.2) is 9.81 Å². The summed E-state index contributed by atoms with van der Waals surface area (Å²) in [6.07, 6.45) is 2.91. The number of aryl methyl sites for hydroxylation is 1. The topological polar surface area (TPSA) is 12.9 Å². The molecule has 1 unspecified atom stereocenters. The Bertz CT molecular complexity index is 216. The summed E-state index contributed by atoms with van der Waals surface area (Å²) in [6.45, 7) is 4.18. The van der Waals surface area contributed by atoms with Crippen LogP contribution in [0.3, 0.4) is 0 Å². The summed E-state index contributed by atoms with van der Waals surface area (Å²) >= 11 is 3.49. The molecule has 0 amide bonds. The molecular weight excluding hydrogens is 202 g/mol. The first kappa shape index (κ1) is 8.72. The van der Waals surface area contributed by atoms with Crippen molar-refractivity contribution >= 4 is 15.9 Å². The highest BCUT2D eigenvalue weighted by Gasteiger charge is 1.98. The lowest BCUT2D eigenvalue weighted by atomic mass is 10.2. The highest BCUT2D eigenvalue weighted by Crippen LogP contribution is 2.07. The molecule has 1 rings (SSSR count). The maximum Gasteiger partial charge on any atom is 0.0414 e. The molecule has 0 bridgehead atoms. The average molecular weight is 214 g/mol. The van der Waals surface area contributed by atoms with Crippen LogP contribution in [0.1, 0.15) is 18.2 Å². The Labute approximate surface area is 76.0 Å². The van der Waals surface area contributed by atoms with Gasteiger partial charge in [-0.25, -0.2) is 0 Å². The molecule has 60 valence electrons. The van der Waals surface area contributed by atoms with E-state index in [0.717, 1.165) is 12.1 Å². The van der Waals surface area contributed by atoms with Gasteiger partial charge in [-0.05, 0) is 18.6 Å². The molecule has 0 aromatic carbocycles. The summed E-state index contributed by atoms with van der Waals surface area (Å²) in [5, 5.41) is 0. The van der Waals surface area contributed by atoms with Crippen molar-refractivity contribution in [3.8, 4) is 0 Å². The van der Waals surface area contributed by atoms with Gasteiger partial charge in [0.15, 0.2) is 0 Å².